The van der Waals surface area contributed by atoms with Gasteiger partial charge < -0.3 is 5.32 Å². The minimum atomic E-state index is 0.0527. The molecule has 0 radical (unpaired) electrons. The van der Waals surface area contributed by atoms with Crippen molar-refractivity contribution in [3.63, 3.8) is 0 Å². The molecule has 0 spiro atoms. The van der Waals surface area contributed by atoms with Crippen LogP contribution in [0.4, 0.5) is 5.69 Å². The second-order valence-electron chi connectivity index (χ2n) is 5.02. The van der Waals surface area contributed by atoms with Gasteiger partial charge in [0.25, 0.3) is 0 Å². The second kappa shape index (κ2) is 7.27. The van der Waals surface area contributed by atoms with Gasteiger partial charge in [-0.05, 0) is 24.5 Å². The van der Waals surface area contributed by atoms with E-state index >= 15 is 0 Å². The van der Waals surface area contributed by atoms with Crippen molar-refractivity contribution >= 4 is 23.2 Å². The van der Waals surface area contributed by atoms with E-state index in [1.165, 1.54) is 0 Å². The molecule has 5 heteroatoms. The molecule has 2 rings (SSSR count). The average Bonchev–Trinajstić information content (AvgIpc) is 2.90. The summed E-state index contributed by atoms with van der Waals surface area (Å²) in [5, 5.41) is 7.89. The Balaban J connectivity index is 2.02. The Morgan fingerprint density at radius 2 is 2.05 bits per heavy atom. The van der Waals surface area contributed by atoms with Crippen molar-refractivity contribution in [3.05, 3.63) is 47.2 Å². The molecule has 1 heterocycles. The van der Waals surface area contributed by atoms with Crippen LogP contribution < -0.4 is 5.32 Å². The van der Waals surface area contributed by atoms with Gasteiger partial charge in [0.15, 0.2) is 0 Å². The Morgan fingerprint density at radius 1 is 1.33 bits per heavy atom. The Hall–Kier alpha value is -1.81. The highest BCUT2D eigenvalue weighted by Crippen LogP contribution is 2.17. The van der Waals surface area contributed by atoms with Crippen LogP contribution in [-0.2, 0) is 11.3 Å². The van der Waals surface area contributed by atoms with Gasteiger partial charge in [0.05, 0.1) is 18.4 Å². The zero-order valence-corrected chi connectivity index (χ0v) is 13.1. The number of carbonyl (C=O) groups is 1. The Morgan fingerprint density at radius 3 is 2.71 bits per heavy atom. The van der Waals surface area contributed by atoms with Crippen LogP contribution in [0.5, 0.6) is 0 Å². The van der Waals surface area contributed by atoms with Crippen molar-refractivity contribution in [2.45, 2.75) is 33.2 Å². The molecule has 0 bridgehead atoms. The first-order valence-corrected chi connectivity index (χ1v) is 7.58. The van der Waals surface area contributed by atoms with E-state index in [4.69, 9.17) is 11.6 Å². The number of rotatable bonds is 6. The predicted molar refractivity (Wildman–Crippen MR) is 85.5 cm³/mol. The molecule has 0 aliphatic carbocycles. The third kappa shape index (κ3) is 4.08. The van der Waals surface area contributed by atoms with Crippen LogP contribution in [0.3, 0.4) is 0 Å². The maximum Gasteiger partial charge on any atom is 0.227 e. The van der Waals surface area contributed by atoms with Crippen molar-refractivity contribution in [2.24, 2.45) is 5.92 Å². The third-order valence-electron chi connectivity index (χ3n) is 3.55. The van der Waals surface area contributed by atoms with E-state index in [9.17, 15) is 4.79 Å². The van der Waals surface area contributed by atoms with E-state index in [1.807, 2.05) is 44.3 Å². The van der Waals surface area contributed by atoms with Crippen LogP contribution in [0.25, 0.3) is 0 Å². The molecular weight excluding hydrogens is 286 g/mol. The lowest BCUT2D eigenvalue weighted by Crippen LogP contribution is -2.21. The molecule has 1 aromatic heterocycles. The Labute approximate surface area is 130 Å². The van der Waals surface area contributed by atoms with E-state index in [1.54, 1.807) is 10.9 Å². The van der Waals surface area contributed by atoms with Gasteiger partial charge in [0.1, 0.15) is 0 Å². The van der Waals surface area contributed by atoms with Crippen LogP contribution >= 0.6 is 11.6 Å². The van der Waals surface area contributed by atoms with Crippen LogP contribution in [0, 0.1) is 5.92 Å². The van der Waals surface area contributed by atoms with Crippen LogP contribution in [0.1, 0.15) is 32.3 Å². The fourth-order valence-electron chi connectivity index (χ4n) is 2.22. The number of hydrogen-bond acceptors (Lipinski definition) is 2. The molecule has 0 saturated heterocycles. The first-order chi connectivity index (χ1) is 10.1. The van der Waals surface area contributed by atoms with Gasteiger partial charge in [-0.3, -0.25) is 9.48 Å². The summed E-state index contributed by atoms with van der Waals surface area (Å²) in [7, 11) is 0. The second-order valence-corrected chi connectivity index (χ2v) is 5.43. The van der Waals surface area contributed by atoms with E-state index in [0.717, 1.165) is 29.1 Å². The van der Waals surface area contributed by atoms with Crippen molar-refractivity contribution < 1.29 is 4.79 Å². The van der Waals surface area contributed by atoms with Gasteiger partial charge >= 0.3 is 0 Å². The zero-order chi connectivity index (χ0) is 15.2. The zero-order valence-electron chi connectivity index (χ0n) is 12.3. The Kier molecular flexibility index (Phi) is 5.39. The molecule has 1 amide bonds. The predicted octanol–water partition coefficient (Wildman–Crippen LogP) is 3.96. The largest absolute Gasteiger partial charge is 0.323 e. The molecule has 21 heavy (non-hydrogen) atoms. The number of amides is 1. The average molecular weight is 306 g/mol. The summed E-state index contributed by atoms with van der Waals surface area (Å²) in [4.78, 5) is 12.0. The Bertz CT molecular complexity index is 605. The van der Waals surface area contributed by atoms with Gasteiger partial charge in [0.2, 0.25) is 5.91 Å². The third-order valence-corrected chi connectivity index (χ3v) is 3.92. The van der Waals surface area contributed by atoms with Gasteiger partial charge in [-0.1, -0.05) is 43.6 Å². The maximum atomic E-state index is 12.0. The number of nitrogens with one attached hydrogen (secondary N) is 1. The fraction of sp³-hybridized carbons (Fsp3) is 0.375. The summed E-state index contributed by atoms with van der Waals surface area (Å²) in [6.07, 6.45) is 5.17. The molecule has 0 fully saturated rings. The molecule has 1 aromatic carbocycles. The van der Waals surface area contributed by atoms with Crippen LogP contribution in [0.15, 0.2) is 36.7 Å². The first-order valence-electron chi connectivity index (χ1n) is 7.20. The number of benzene rings is 1. The lowest BCUT2D eigenvalue weighted by molar-refractivity contribution is -0.120. The van der Waals surface area contributed by atoms with Crippen molar-refractivity contribution in [1.29, 1.82) is 0 Å². The standard InChI is InChI=1S/C16H20ClN3O/c1-3-12(4-2)16(21)19-14-9-18-20(11-14)10-13-7-5-6-8-15(13)17/h5-9,11-12H,3-4,10H2,1-2H3,(H,19,21). The summed E-state index contributed by atoms with van der Waals surface area (Å²) in [6.45, 7) is 4.63. The van der Waals surface area contributed by atoms with Gasteiger partial charge in [-0.25, -0.2) is 0 Å². The molecule has 2 aromatic rings. The summed E-state index contributed by atoms with van der Waals surface area (Å²) < 4.78 is 1.77. The van der Waals surface area contributed by atoms with Gasteiger partial charge in [-0.2, -0.15) is 5.10 Å². The fourth-order valence-corrected chi connectivity index (χ4v) is 2.42. The summed E-state index contributed by atoms with van der Waals surface area (Å²) in [5.74, 6) is 0.106. The number of nitrogens with zero attached hydrogens (tertiary/aromatic N) is 2. The van der Waals surface area contributed by atoms with E-state index in [2.05, 4.69) is 10.4 Å². The summed E-state index contributed by atoms with van der Waals surface area (Å²) >= 11 is 6.13. The lowest BCUT2D eigenvalue weighted by atomic mass is 10.0. The minimum Gasteiger partial charge on any atom is -0.323 e. The highest BCUT2D eigenvalue weighted by Gasteiger charge is 2.14. The summed E-state index contributed by atoms with van der Waals surface area (Å²) in [6, 6.07) is 7.67. The quantitative estimate of drug-likeness (QED) is 0.878. The molecule has 0 saturated carbocycles. The maximum absolute atomic E-state index is 12.0. The number of carbonyl (C=O) groups excluding carboxylic acids is 1. The van der Waals surface area contributed by atoms with Crippen LogP contribution in [0.2, 0.25) is 5.02 Å². The van der Waals surface area contributed by atoms with E-state index < -0.39 is 0 Å². The number of aromatic nitrogens is 2. The number of halogens is 1. The van der Waals surface area contributed by atoms with Crippen molar-refractivity contribution in [1.82, 2.24) is 9.78 Å². The lowest BCUT2D eigenvalue weighted by Gasteiger charge is -2.11. The molecule has 1 N–H and O–H groups in total. The monoisotopic (exact) mass is 305 g/mol. The molecule has 112 valence electrons. The normalized spacial score (nSPS) is 10.9. The van der Waals surface area contributed by atoms with E-state index in [0.29, 0.717) is 6.54 Å². The first kappa shape index (κ1) is 15.6. The molecule has 0 aliphatic heterocycles. The minimum absolute atomic E-state index is 0.0527. The highest BCUT2D eigenvalue weighted by atomic mass is 35.5. The van der Waals surface area contributed by atoms with Gasteiger partial charge in [-0.15, -0.1) is 0 Å². The van der Waals surface area contributed by atoms with E-state index in [-0.39, 0.29) is 11.8 Å². The smallest absolute Gasteiger partial charge is 0.227 e. The molecule has 4 nitrogen and oxygen atoms in total. The van der Waals surface area contributed by atoms with Crippen molar-refractivity contribution in [3.8, 4) is 0 Å². The van der Waals surface area contributed by atoms with Gasteiger partial charge in [0, 0.05) is 17.1 Å². The molecule has 0 unspecified atom stereocenters. The molecule has 0 aliphatic rings. The number of hydrogen-bond donors (Lipinski definition) is 1. The van der Waals surface area contributed by atoms with Crippen LogP contribution in [-0.4, -0.2) is 15.7 Å². The SMILES string of the molecule is CCC(CC)C(=O)Nc1cnn(Cc2ccccc2Cl)c1. The topological polar surface area (TPSA) is 46.9 Å². The molecular formula is C16H20ClN3O. The van der Waals surface area contributed by atoms with Crippen molar-refractivity contribution in [2.75, 3.05) is 5.32 Å². The highest BCUT2D eigenvalue weighted by molar-refractivity contribution is 6.31. The summed E-state index contributed by atoms with van der Waals surface area (Å²) in [5.41, 5.74) is 1.72. The molecule has 0 atom stereocenters. The number of anilines is 1.